The van der Waals surface area contributed by atoms with E-state index in [2.05, 4.69) is 54.7 Å². The number of nitrogens with two attached hydrogens (primary N) is 1. The summed E-state index contributed by atoms with van der Waals surface area (Å²) in [6.45, 7) is 12.9. The summed E-state index contributed by atoms with van der Waals surface area (Å²) in [5, 5.41) is 3.58. The minimum atomic E-state index is -0.666. The van der Waals surface area contributed by atoms with Crippen molar-refractivity contribution >= 4 is 17.6 Å². The van der Waals surface area contributed by atoms with Gasteiger partial charge < -0.3 is 15.8 Å². The molecule has 1 fully saturated rings. The first-order valence-electron chi connectivity index (χ1n) is 15.9. The maximum absolute atomic E-state index is 15.5. The standard InChI is InChI=1S/C39H40F2N4O/c1-6-24-17-29(33(41)19-32(24)40)37-38-31(39(4,5)22-46-38)18-35(45-37)30(25-11-9-8-10-12-25)21-44-34(7-2)26-15-23(3)36(42)27(16-26)20-43-28-13-14-28/h8-12,15-20,28,30,44H,2,6,13-14,21-22,42H2,1,3-5H3. The number of pyridine rings is 1. The average molecular weight is 619 g/mol. The Labute approximate surface area is 270 Å². The first kappa shape index (κ1) is 31.3. The Hall–Kier alpha value is -4.74. The van der Waals surface area contributed by atoms with Crippen LogP contribution in [0, 0.1) is 18.6 Å². The average Bonchev–Trinajstić information content (AvgIpc) is 3.82. The molecule has 236 valence electrons. The quantitative estimate of drug-likeness (QED) is 0.107. The molecule has 1 aliphatic heterocycles. The Morgan fingerprint density at radius 2 is 1.91 bits per heavy atom. The molecule has 1 aromatic heterocycles. The molecule has 7 heteroatoms. The fourth-order valence-corrected chi connectivity index (χ4v) is 5.97. The zero-order valence-corrected chi connectivity index (χ0v) is 26.9. The SMILES string of the molecule is C=C=C(NCC(c1ccccc1)c1cc2c(c(-c3cc(CC)c(F)cc3F)n1)OCC2(C)C)c1cc(C)c(N)c(C=NC2CC2)c1. The summed E-state index contributed by atoms with van der Waals surface area (Å²) in [5.41, 5.74) is 17.1. The number of aromatic nitrogens is 1. The van der Waals surface area contributed by atoms with Crippen molar-refractivity contribution in [2.24, 2.45) is 4.99 Å². The number of benzene rings is 3. The van der Waals surface area contributed by atoms with Crippen LogP contribution in [0.2, 0.25) is 0 Å². The highest BCUT2D eigenvalue weighted by Crippen LogP contribution is 2.46. The number of hydrogen-bond donors (Lipinski definition) is 2. The van der Waals surface area contributed by atoms with Crippen molar-refractivity contribution in [3.63, 3.8) is 0 Å². The smallest absolute Gasteiger partial charge is 0.149 e. The molecule has 3 N–H and O–H groups in total. The third kappa shape index (κ3) is 6.20. The van der Waals surface area contributed by atoms with Gasteiger partial charge in [0.05, 0.1) is 24.0 Å². The molecule has 1 atom stereocenters. The van der Waals surface area contributed by atoms with Crippen LogP contribution < -0.4 is 15.8 Å². The van der Waals surface area contributed by atoms with Crippen LogP contribution in [0.4, 0.5) is 14.5 Å². The lowest BCUT2D eigenvalue weighted by Crippen LogP contribution is -2.23. The molecule has 46 heavy (non-hydrogen) atoms. The Kier molecular flexibility index (Phi) is 8.54. The Bertz CT molecular complexity index is 1870. The molecule has 4 aromatic rings. The molecule has 5 nitrogen and oxygen atoms in total. The van der Waals surface area contributed by atoms with Gasteiger partial charge in [0.15, 0.2) is 0 Å². The van der Waals surface area contributed by atoms with Crippen LogP contribution in [-0.2, 0) is 11.8 Å². The summed E-state index contributed by atoms with van der Waals surface area (Å²) < 4.78 is 36.2. The van der Waals surface area contributed by atoms with E-state index < -0.39 is 11.6 Å². The van der Waals surface area contributed by atoms with Crippen LogP contribution in [0.3, 0.4) is 0 Å². The van der Waals surface area contributed by atoms with E-state index in [1.54, 1.807) is 6.07 Å². The monoisotopic (exact) mass is 618 g/mol. The van der Waals surface area contributed by atoms with Gasteiger partial charge in [-0.3, -0.25) is 4.99 Å². The zero-order chi connectivity index (χ0) is 32.6. The highest BCUT2D eigenvalue weighted by Gasteiger charge is 2.37. The Morgan fingerprint density at radius 3 is 2.61 bits per heavy atom. The topological polar surface area (TPSA) is 72.5 Å². The predicted octanol–water partition coefficient (Wildman–Crippen LogP) is 8.28. The van der Waals surface area contributed by atoms with E-state index in [1.807, 2.05) is 50.4 Å². The van der Waals surface area contributed by atoms with Crippen LogP contribution in [0.25, 0.3) is 17.0 Å². The van der Waals surface area contributed by atoms with E-state index in [1.165, 1.54) is 0 Å². The minimum absolute atomic E-state index is 0.232. The van der Waals surface area contributed by atoms with E-state index in [0.717, 1.165) is 58.1 Å². The van der Waals surface area contributed by atoms with E-state index >= 15 is 4.39 Å². The van der Waals surface area contributed by atoms with Crippen molar-refractivity contribution in [2.45, 2.75) is 64.3 Å². The third-order valence-corrected chi connectivity index (χ3v) is 8.97. The number of anilines is 1. The summed E-state index contributed by atoms with van der Waals surface area (Å²) in [4.78, 5) is 9.73. The van der Waals surface area contributed by atoms with Crippen LogP contribution >= 0.6 is 0 Å². The molecule has 0 spiro atoms. The molecule has 0 saturated heterocycles. The number of aryl methyl sites for hydroxylation is 2. The van der Waals surface area contributed by atoms with Crippen molar-refractivity contribution in [2.75, 3.05) is 18.9 Å². The second-order valence-corrected chi connectivity index (χ2v) is 12.9. The summed E-state index contributed by atoms with van der Waals surface area (Å²) in [7, 11) is 0. The normalized spacial score (nSPS) is 15.7. The number of rotatable bonds is 10. The largest absolute Gasteiger partial charge is 0.490 e. The summed E-state index contributed by atoms with van der Waals surface area (Å²) in [6, 6.07) is 19.1. The lowest BCUT2D eigenvalue weighted by Gasteiger charge is -2.23. The van der Waals surface area contributed by atoms with Gasteiger partial charge in [-0.15, -0.1) is 5.73 Å². The fraction of sp³-hybridized carbons (Fsp3) is 0.308. The summed E-state index contributed by atoms with van der Waals surface area (Å²) in [6.07, 6.45) is 4.53. The van der Waals surface area contributed by atoms with Crippen LogP contribution in [0.1, 0.15) is 78.6 Å². The lowest BCUT2D eigenvalue weighted by atomic mass is 9.84. The number of fused-ring (bicyclic) bond motifs is 1. The number of nitrogen functional groups attached to an aromatic ring is 1. The number of aliphatic imine (C=N–C) groups is 1. The number of nitrogens with zero attached hydrogens (tertiary/aromatic N) is 2. The predicted molar refractivity (Wildman–Crippen MR) is 183 cm³/mol. The minimum Gasteiger partial charge on any atom is -0.490 e. The first-order chi connectivity index (χ1) is 22.1. The van der Waals surface area contributed by atoms with Gasteiger partial charge in [-0.25, -0.2) is 13.8 Å². The van der Waals surface area contributed by atoms with Crippen molar-refractivity contribution in [3.8, 4) is 17.0 Å². The van der Waals surface area contributed by atoms with Gasteiger partial charge in [-0.1, -0.05) is 57.7 Å². The van der Waals surface area contributed by atoms with E-state index in [4.69, 9.17) is 15.5 Å². The van der Waals surface area contributed by atoms with Crippen molar-refractivity contribution in [3.05, 3.63) is 124 Å². The first-order valence-corrected chi connectivity index (χ1v) is 15.9. The van der Waals surface area contributed by atoms with Crippen molar-refractivity contribution in [1.82, 2.24) is 10.3 Å². The van der Waals surface area contributed by atoms with Gasteiger partial charge in [-0.2, -0.15) is 0 Å². The molecule has 2 aliphatic rings. The molecule has 0 amide bonds. The molecule has 6 rings (SSSR count). The van der Waals surface area contributed by atoms with Crippen molar-refractivity contribution < 1.29 is 13.5 Å². The summed E-state index contributed by atoms with van der Waals surface area (Å²) >= 11 is 0. The lowest BCUT2D eigenvalue weighted by molar-refractivity contribution is 0.291. The maximum Gasteiger partial charge on any atom is 0.149 e. The van der Waals surface area contributed by atoms with E-state index in [9.17, 15) is 4.39 Å². The Morgan fingerprint density at radius 1 is 1.15 bits per heavy atom. The number of hydrogen-bond acceptors (Lipinski definition) is 5. The van der Waals surface area contributed by atoms with Crippen molar-refractivity contribution in [1.29, 1.82) is 0 Å². The molecule has 2 heterocycles. The number of ether oxygens (including phenoxy) is 1. The molecular formula is C39H40F2N4O. The van der Waals surface area contributed by atoms with Gasteiger partial charge in [-0.05, 0) is 67.1 Å². The van der Waals surface area contributed by atoms with Crippen LogP contribution in [0.15, 0.2) is 78.0 Å². The van der Waals surface area contributed by atoms with Gasteiger partial charge in [0.2, 0.25) is 0 Å². The Balaban J connectivity index is 1.42. The fourth-order valence-electron chi connectivity index (χ4n) is 5.97. The third-order valence-electron chi connectivity index (χ3n) is 8.97. The highest BCUT2D eigenvalue weighted by molar-refractivity contribution is 5.90. The molecule has 0 radical (unpaired) electrons. The van der Waals surface area contributed by atoms with E-state index in [-0.39, 0.29) is 16.9 Å². The van der Waals surface area contributed by atoms with Crippen LogP contribution in [-0.4, -0.2) is 30.4 Å². The molecule has 3 aromatic carbocycles. The van der Waals surface area contributed by atoms with Crippen LogP contribution in [0.5, 0.6) is 5.75 Å². The zero-order valence-electron chi connectivity index (χ0n) is 26.9. The van der Waals surface area contributed by atoms with Gasteiger partial charge >= 0.3 is 0 Å². The molecule has 1 aliphatic carbocycles. The molecule has 1 unspecified atom stereocenters. The number of nitrogens with one attached hydrogen (secondary N) is 1. The maximum atomic E-state index is 15.5. The molecule has 1 saturated carbocycles. The highest BCUT2D eigenvalue weighted by atomic mass is 19.1. The number of halogens is 2. The second kappa shape index (κ2) is 12.6. The second-order valence-electron chi connectivity index (χ2n) is 12.9. The van der Waals surface area contributed by atoms with Gasteiger partial charge in [0, 0.05) is 58.1 Å². The summed E-state index contributed by atoms with van der Waals surface area (Å²) in [5.74, 6) is -0.913. The molecular weight excluding hydrogens is 578 g/mol. The van der Waals surface area contributed by atoms with Gasteiger partial charge in [0.25, 0.3) is 0 Å². The molecule has 0 bridgehead atoms. The van der Waals surface area contributed by atoms with Gasteiger partial charge in [0.1, 0.15) is 23.1 Å². The van der Waals surface area contributed by atoms with E-state index in [0.29, 0.717) is 48.3 Å².